The van der Waals surface area contributed by atoms with Crippen molar-refractivity contribution in [1.29, 1.82) is 0 Å². The largest absolute Gasteiger partial charge is 0.384 e. The lowest BCUT2D eigenvalue weighted by molar-refractivity contribution is -0.134. The summed E-state index contributed by atoms with van der Waals surface area (Å²) in [6.07, 6.45) is 2.04. The minimum absolute atomic E-state index is 0.0379. The molecule has 194 valence electrons. The van der Waals surface area contributed by atoms with Gasteiger partial charge in [-0.3, -0.25) is 9.59 Å². The minimum atomic E-state index is -0.0855. The number of hydrogen-bond donors (Lipinski definition) is 2. The number of benzene rings is 2. The lowest BCUT2D eigenvalue weighted by Gasteiger charge is -2.37. The smallest absolute Gasteiger partial charge is 0.227 e. The van der Waals surface area contributed by atoms with Gasteiger partial charge in [-0.05, 0) is 42.5 Å². The molecule has 0 unspecified atom stereocenters. The Hall–Kier alpha value is -3.98. The van der Waals surface area contributed by atoms with Gasteiger partial charge in [0.15, 0.2) is 0 Å². The molecule has 0 aliphatic carbocycles. The van der Waals surface area contributed by atoms with Gasteiger partial charge in [-0.15, -0.1) is 0 Å². The number of nitrogens with one attached hydrogen (secondary N) is 2. The second-order valence-corrected chi connectivity index (χ2v) is 9.27. The van der Waals surface area contributed by atoms with Crippen LogP contribution in [0.15, 0.2) is 60.8 Å². The first-order valence-electron chi connectivity index (χ1n) is 12.6. The van der Waals surface area contributed by atoms with E-state index in [0.29, 0.717) is 19.0 Å². The van der Waals surface area contributed by atoms with Crippen molar-refractivity contribution in [3.63, 3.8) is 0 Å². The van der Waals surface area contributed by atoms with Crippen LogP contribution in [0.4, 0.5) is 23.0 Å². The molecule has 4 rings (SSSR count). The lowest BCUT2D eigenvalue weighted by Crippen LogP contribution is -2.49. The highest BCUT2D eigenvalue weighted by Crippen LogP contribution is 2.24. The number of piperazine rings is 1. The first-order chi connectivity index (χ1) is 17.9. The van der Waals surface area contributed by atoms with Crippen LogP contribution in [0.2, 0.25) is 0 Å². The van der Waals surface area contributed by atoms with Crippen LogP contribution in [0.25, 0.3) is 11.3 Å². The number of anilines is 4. The maximum absolute atomic E-state index is 12.2. The molecule has 1 aliphatic rings. The average molecular weight is 503 g/mol. The Balaban J connectivity index is 1.34. The lowest BCUT2D eigenvalue weighted by atomic mass is 10.1. The highest BCUT2D eigenvalue weighted by atomic mass is 16.5. The number of nitrogens with zero attached hydrogens (tertiary/aromatic N) is 4. The third-order valence-electron chi connectivity index (χ3n) is 6.23. The van der Waals surface area contributed by atoms with Gasteiger partial charge in [0.2, 0.25) is 17.8 Å². The molecule has 0 saturated carbocycles. The van der Waals surface area contributed by atoms with Crippen LogP contribution in [-0.4, -0.2) is 66.6 Å². The Morgan fingerprint density at radius 1 is 0.946 bits per heavy atom. The van der Waals surface area contributed by atoms with Gasteiger partial charge in [0.1, 0.15) is 0 Å². The SMILES string of the molecule is COCCC(=O)Nc1ccc(-c2ccnc(Nc3ccc(N4CCN(C(=O)C(C)C)CC4)cc3)n2)cc1. The second kappa shape index (κ2) is 12.3. The molecule has 1 fully saturated rings. The number of hydrogen-bond acceptors (Lipinski definition) is 7. The Bertz CT molecular complexity index is 1190. The van der Waals surface area contributed by atoms with E-state index in [9.17, 15) is 9.59 Å². The molecule has 9 heteroatoms. The normalized spacial score (nSPS) is 13.5. The summed E-state index contributed by atoms with van der Waals surface area (Å²) in [6, 6.07) is 17.6. The van der Waals surface area contributed by atoms with E-state index in [2.05, 4.69) is 37.6 Å². The molecule has 2 heterocycles. The van der Waals surface area contributed by atoms with Crippen LogP contribution in [0.1, 0.15) is 20.3 Å². The van der Waals surface area contributed by atoms with Gasteiger partial charge < -0.3 is 25.2 Å². The van der Waals surface area contributed by atoms with Crippen molar-refractivity contribution in [1.82, 2.24) is 14.9 Å². The zero-order valence-electron chi connectivity index (χ0n) is 21.6. The summed E-state index contributed by atoms with van der Waals surface area (Å²) in [4.78, 5) is 37.4. The van der Waals surface area contributed by atoms with Gasteiger partial charge in [0, 0.05) is 68.0 Å². The van der Waals surface area contributed by atoms with Gasteiger partial charge in [0.25, 0.3) is 0 Å². The summed E-state index contributed by atoms with van der Waals surface area (Å²) in [5, 5.41) is 6.13. The van der Waals surface area contributed by atoms with E-state index >= 15 is 0 Å². The summed E-state index contributed by atoms with van der Waals surface area (Å²) < 4.78 is 4.94. The Morgan fingerprint density at radius 3 is 2.27 bits per heavy atom. The van der Waals surface area contributed by atoms with Crippen LogP contribution < -0.4 is 15.5 Å². The molecule has 0 radical (unpaired) electrons. The van der Waals surface area contributed by atoms with Gasteiger partial charge in [-0.2, -0.15) is 0 Å². The van der Waals surface area contributed by atoms with E-state index in [4.69, 9.17) is 4.74 Å². The zero-order chi connectivity index (χ0) is 26.2. The van der Waals surface area contributed by atoms with Gasteiger partial charge >= 0.3 is 0 Å². The van der Waals surface area contributed by atoms with Crippen LogP contribution in [0.5, 0.6) is 0 Å². The van der Waals surface area contributed by atoms with Gasteiger partial charge in [0.05, 0.1) is 18.7 Å². The predicted molar refractivity (Wildman–Crippen MR) is 146 cm³/mol. The molecule has 0 spiro atoms. The maximum Gasteiger partial charge on any atom is 0.227 e. The van der Waals surface area contributed by atoms with E-state index in [1.807, 2.05) is 61.2 Å². The summed E-state index contributed by atoms with van der Waals surface area (Å²) >= 11 is 0. The minimum Gasteiger partial charge on any atom is -0.384 e. The third-order valence-corrected chi connectivity index (χ3v) is 6.23. The molecule has 0 bridgehead atoms. The fourth-order valence-electron chi connectivity index (χ4n) is 4.16. The first kappa shape index (κ1) is 26.1. The number of amides is 2. The van der Waals surface area contributed by atoms with Crippen LogP contribution in [0.3, 0.4) is 0 Å². The highest BCUT2D eigenvalue weighted by molar-refractivity contribution is 5.91. The molecule has 1 aliphatic heterocycles. The molecule has 2 N–H and O–H groups in total. The maximum atomic E-state index is 12.2. The molecule has 9 nitrogen and oxygen atoms in total. The Morgan fingerprint density at radius 2 is 1.62 bits per heavy atom. The number of methoxy groups -OCH3 is 1. The highest BCUT2D eigenvalue weighted by Gasteiger charge is 2.22. The summed E-state index contributed by atoms with van der Waals surface area (Å²) in [5.74, 6) is 0.679. The summed E-state index contributed by atoms with van der Waals surface area (Å²) in [6.45, 7) is 7.43. The summed E-state index contributed by atoms with van der Waals surface area (Å²) in [5.41, 5.74) is 4.45. The van der Waals surface area contributed by atoms with Crippen molar-refractivity contribution in [3.05, 3.63) is 60.8 Å². The molecule has 1 aromatic heterocycles. The number of rotatable bonds is 9. The molecular weight excluding hydrogens is 468 g/mol. The monoisotopic (exact) mass is 502 g/mol. The van der Waals surface area contributed by atoms with E-state index < -0.39 is 0 Å². The third kappa shape index (κ3) is 7.04. The second-order valence-electron chi connectivity index (χ2n) is 9.27. The molecule has 2 amide bonds. The van der Waals surface area contributed by atoms with Crippen LogP contribution in [-0.2, 0) is 14.3 Å². The fourth-order valence-corrected chi connectivity index (χ4v) is 4.16. The number of aromatic nitrogens is 2. The molecule has 2 aromatic carbocycles. The van der Waals surface area contributed by atoms with Crippen molar-refractivity contribution in [2.24, 2.45) is 5.92 Å². The topological polar surface area (TPSA) is 99.7 Å². The first-order valence-corrected chi connectivity index (χ1v) is 12.6. The van der Waals surface area contributed by atoms with Gasteiger partial charge in [-0.25, -0.2) is 9.97 Å². The van der Waals surface area contributed by atoms with Crippen molar-refractivity contribution < 1.29 is 14.3 Å². The van der Waals surface area contributed by atoms with Crippen molar-refractivity contribution in [2.75, 3.05) is 55.4 Å². The quantitative estimate of drug-likeness (QED) is 0.453. The number of ether oxygens (including phenoxy) is 1. The van der Waals surface area contributed by atoms with Crippen molar-refractivity contribution >= 4 is 34.8 Å². The van der Waals surface area contributed by atoms with Gasteiger partial charge in [-0.1, -0.05) is 26.0 Å². The molecule has 1 saturated heterocycles. The van der Waals surface area contributed by atoms with E-state index in [1.54, 1.807) is 13.3 Å². The Labute approximate surface area is 217 Å². The molecule has 0 atom stereocenters. The fraction of sp³-hybridized carbons (Fsp3) is 0.357. The predicted octanol–water partition coefficient (Wildman–Crippen LogP) is 4.17. The van der Waals surface area contributed by atoms with E-state index in [-0.39, 0.29) is 17.7 Å². The van der Waals surface area contributed by atoms with Crippen molar-refractivity contribution in [2.45, 2.75) is 20.3 Å². The Kier molecular flexibility index (Phi) is 8.68. The summed E-state index contributed by atoms with van der Waals surface area (Å²) in [7, 11) is 1.57. The number of carbonyl (C=O) groups excluding carboxylic acids is 2. The molecule has 37 heavy (non-hydrogen) atoms. The number of carbonyl (C=O) groups is 2. The molecular formula is C28H34N6O3. The molecule has 3 aromatic rings. The van der Waals surface area contributed by atoms with Crippen LogP contribution >= 0.6 is 0 Å². The van der Waals surface area contributed by atoms with Crippen LogP contribution in [0, 0.1) is 5.92 Å². The average Bonchev–Trinajstić information content (AvgIpc) is 2.92. The van der Waals surface area contributed by atoms with E-state index in [1.165, 1.54) is 0 Å². The van der Waals surface area contributed by atoms with Crippen molar-refractivity contribution in [3.8, 4) is 11.3 Å². The standard InChI is InChI=1S/C28H34N6O3/c1-20(2)27(36)34-17-15-33(16-18-34)24-10-8-23(9-11-24)31-28-29-14-12-25(32-28)21-4-6-22(7-5-21)30-26(35)13-19-37-3/h4-12,14,20H,13,15-19H2,1-3H3,(H,30,35)(H,29,31,32). The van der Waals surface area contributed by atoms with E-state index in [0.717, 1.165) is 54.5 Å². The zero-order valence-corrected chi connectivity index (χ0v) is 21.6.